The van der Waals surface area contributed by atoms with E-state index in [0.717, 1.165) is 18.5 Å². The number of nitrogens with zero attached hydrogens (tertiary/aromatic N) is 5. The number of hydrogen-bond donors (Lipinski definition) is 2. The number of rotatable bonds is 5. The number of aryl methyl sites for hydroxylation is 1. The van der Waals surface area contributed by atoms with E-state index < -0.39 is 47.4 Å². The molecule has 1 unspecified atom stereocenters. The Morgan fingerprint density at radius 3 is 2.34 bits per heavy atom. The Morgan fingerprint density at radius 2 is 1.76 bits per heavy atom. The zero-order valence-electron chi connectivity index (χ0n) is 19.9. The maximum Gasteiger partial charge on any atom is 0.522 e. The number of aromatic nitrogens is 5. The topological polar surface area (TPSA) is 126 Å². The predicted molar refractivity (Wildman–Crippen MR) is 120 cm³/mol. The Hall–Kier alpha value is -3.82. The lowest BCUT2D eigenvalue weighted by atomic mass is 10.1. The average molecular weight is 545 g/mol. The van der Waals surface area contributed by atoms with E-state index in [9.17, 15) is 35.9 Å². The monoisotopic (exact) mass is 545 g/mol. The molecule has 4 rings (SSSR count). The normalized spacial score (nSPS) is 16.1. The van der Waals surface area contributed by atoms with E-state index in [1.54, 1.807) is 0 Å². The minimum absolute atomic E-state index is 0.00147. The van der Waals surface area contributed by atoms with Gasteiger partial charge < -0.3 is 15.2 Å². The van der Waals surface area contributed by atoms with E-state index in [-0.39, 0.29) is 54.3 Å². The van der Waals surface area contributed by atoms with Crippen molar-refractivity contribution in [3.8, 4) is 0 Å². The maximum absolute atomic E-state index is 13.8. The summed E-state index contributed by atoms with van der Waals surface area (Å²) in [7, 11) is 0. The standard InChI is InChI=1S/C22H21F6N7O3/c1-10(16-14(21(23,24)25)7-15-17(34-16)18(36)33-11(2)32-15)31-20-29-8-12(9-30-20)19(37)35-5-3-13(4-6-35)38-22(26,27)28/h7-10,13H,3-6H2,1-2H3,(H,29,30,31)(H,32,33,36). The largest absolute Gasteiger partial charge is 0.522 e. The number of hydrogen-bond acceptors (Lipinski definition) is 8. The molecular formula is C22H21F6N7O3. The van der Waals surface area contributed by atoms with Crippen LogP contribution in [0.25, 0.3) is 11.0 Å². The number of aromatic amines is 1. The van der Waals surface area contributed by atoms with Crippen LogP contribution >= 0.6 is 0 Å². The molecule has 0 saturated carbocycles. The van der Waals surface area contributed by atoms with Gasteiger partial charge in [-0.3, -0.25) is 14.3 Å². The number of carbonyl (C=O) groups is 1. The molecule has 16 heteroatoms. The van der Waals surface area contributed by atoms with Crippen molar-refractivity contribution in [2.24, 2.45) is 0 Å². The highest BCUT2D eigenvalue weighted by atomic mass is 19.4. The van der Waals surface area contributed by atoms with Gasteiger partial charge in [-0.25, -0.2) is 19.9 Å². The van der Waals surface area contributed by atoms with Crippen LogP contribution in [0.4, 0.5) is 32.3 Å². The molecule has 204 valence electrons. The first-order valence-electron chi connectivity index (χ1n) is 11.3. The minimum atomic E-state index is -4.79. The number of fused-ring (bicyclic) bond motifs is 1. The van der Waals surface area contributed by atoms with Crippen LogP contribution in [0, 0.1) is 6.92 Å². The third-order valence-corrected chi connectivity index (χ3v) is 5.82. The van der Waals surface area contributed by atoms with Gasteiger partial charge in [-0.15, -0.1) is 13.2 Å². The average Bonchev–Trinajstić information content (AvgIpc) is 2.82. The molecule has 1 amide bonds. The molecular weight excluding hydrogens is 524 g/mol. The van der Waals surface area contributed by atoms with Gasteiger partial charge in [0.15, 0.2) is 5.52 Å². The van der Waals surface area contributed by atoms with Gasteiger partial charge >= 0.3 is 12.5 Å². The van der Waals surface area contributed by atoms with Gasteiger partial charge in [-0.2, -0.15) is 13.2 Å². The highest BCUT2D eigenvalue weighted by Gasteiger charge is 2.37. The van der Waals surface area contributed by atoms with Crippen LogP contribution in [0.2, 0.25) is 0 Å². The summed E-state index contributed by atoms with van der Waals surface area (Å²) in [6.45, 7) is 2.88. The summed E-state index contributed by atoms with van der Waals surface area (Å²) >= 11 is 0. The summed E-state index contributed by atoms with van der Waals surface area (Å²) in [5, 5.41) is 2.67. The van der Waals surface area contributed by atoms with Gasteiger partial charge in [-0.05, 0) is 32.8 Å². The van der Waals surface area contributed by atoms with E-state index in [4.69, 9.17) is 0 Å². The van der Waals surface area contributed by atoms with Crippen molar-refractivity contribution in [2.75, 3.05) is 18.4 Å². The number of anilines is 1. The molecule has 3 aromatic rings. The van der Waals surface area contributed by atoms with Gasteiger partial charge in [0, 0.05) is 25.5 Å². The van der Waals surface area contributed by atoms with Crippen LogP contribution in [-0.4, -0.2) is 61.3 Å². The third kappa shape index (κ3) is 6.17. The highest BCUT2D eigenvalue weighted by molar-refractivity contribution is 5.93. The first-order valence-corrected chi connectivity index (χ1v) is 11.3. The first kappa shape index (κ1) is 27.2. The molecule has 1 aliphatic heterocycles. The summed E-state index contributed by atoms with van der Waals surface area (Å²) < 4.78 is 82.5. The van der Waals surface area contributed by atoms with Gasteiger partial charge in [-0.1, -0.05) is 0 Å². The molecule has 0 radical (unpaired) electrons. The second-order valence-corrected chi connectivity index (χ2v) is 8.65. The number of amides is 1. The Morgan fingerprint density at radius 1 is 1.13 bits per heavy atom. The van der Waals surface area contributed by atoms with Crippen LogP contribution in [0.5, 0.6) is 0 Å². The number of pyridine rings is 1. The summed E-state index contributed by atoms with van der Waals surface area (Å²) in [6.07, 6.45) is -8.27. The van der Waals surface area contributed by atoms with Crippen molar-refractivity contribution in [2.45, 2.75) is 51.4 Å². The van der Waals surface area contributed by atoms with E-state index >= 15 is 0 Å². The molecule has 2 N–H and O–H groups in total. The lowest BCUT2D eigenvalue weighted by Gasteiger charge is -2.32. The fraction of sp³-hybridized carbons (Fsp3) is 0.455. The lowest BCUT2D eigenvalue weighted by molar-refractivity contribution is -0.345. The van der Waals surface area contributed by atoms with E-state index in [1.165, 1.54) is 18.7 Å². The van der Waals surface area contributed by atoms with E-state index in [0.29, 0.717) is 0 Å². The number of carbonyl (C=O) groups excluding carboxylic acids is 1. The third-order valence-electron chi connectivity index (χ3n) is 5.82. The van der Waals surface area contributed by atoms with Crippen molar-refractivity contribution in [3.05, 3.63) is 51.5 Å². The molecule has 3 aromatic heterocycles. The fourth-order valence-corrected chi connectivity index (χ4v) is 4.08. The number of H-pyrrole nitrogens is 1. The molecule has 0 aliphatic carbocycles. The molecule has 1 fully saturated rings. The summed E-state index contributed by atoms with van der Waals surface area (Å²) in [5.74, 6) is -0.483. The summed E-state index contributed by atoms with van der Waals surface area (Å²) in [5.41, 5.74) is -2.68. The lowest BCUT2D eigenvalue weighted by Crippen LogP contribution is -2.42. The quantitative estimate of drug-likeness (QED) is 0.465. The van der Waals surface area contributed by atoms with Crippen LogP contribution in [-0.2, 0) is 10.9 Å². The second-order valence-electron chi connectivity index (χ2n) is 8.65. The first-order chi connectivity index (χ1) is 17.7. The molecule has 1 saturated heterocycles. The van der Waals surface area contributed by atoms with Gasteiger partial charge in [0.2, 0.25) is 5.95 Å². The Labute approximate surface area is 210 Å². The Balaban J connectivity index is 1.49. The maximum atomic E-state index is 13.8. The van der Waals surface area contributed by atoms with Crippen LogP contribution < -0.4 is 10.9 Å². The van der Waals surface area contributed by atoms with E-state index in [2.05, 4.69) is 35.0 Å². The Kier molecular flexibility index (Phi) is 7.27. The second kappa shape index (κ2) is 10.2. The Bertz CT molecular complexity index is 1380. The predicted octanol–water partition coefficient (Wildman–Crippen LogP) is 3.75. The SMILES string of the molecule is Cc1nc2cc(C(F)(F)F)c(C(C)Nc3ncc(C(=O)N4CCC(OC(F)(F)F)CC4)cn3)nc2c(=O)[nH]1. The number of piperidine rings is 1. The van der Waals surface area contributed by atoms with Crippen molar-refractivity contribution < 1.29 is 35.9 Å². The van der Waals surface area contributed by atoms with Crippen molar-refractivity contribution in [1.29, 1.82) is 0 Å². The van der Waals surface area contributed by atoms with Gasteiger partial charge in [0.1, 0.15) is 5.82 Å². The number of likely N-dealkylation sites (tertiary alicyclic amines) is 1. The van der Waals surface area contributed by atoms with Crippen molar-refractivity contribution >= 4 is 22.9 Å². The summed E-state index contributed by atoms with van der Waals surface area (Å²) in [4.78, 5) is 44.4. The minimum Gasteiger partial charge on any atom is -0.346 e. The highest BCUT2D eigenvalue weighted by Crippen LogP contribution is 2.35. The molecule has 1 atom stereocenters. The van der Waals surface area contributed by atoms with Crippen LogP contribution in [0.3, 0.4) is 0 Å². The molecule has 4 heterocycles. The number of halogens is 6. The zero-order chi connectivity index (χ0) is 27.8. The molecule has 0 aromatic carbocycles. The number of nitrogens with one attached hydrogen (secondary N) is 2. The smallest absolute Gasteiger partial charge is 0.346 e. The number of ether oxygens (including phenoxy) is 1. The fourth-order valence-electron chi connectivity index (χ4n) is 4.08. The zero-order valence-corrected chi connectivity index (χ0v) is 19.9. The van der Waals surface area contributed by atoms with Crippen molar-refractivity contribution in [3.63, 3.8) is 0 Å². The molecule has 0 spiro atoms. The molecule has 0 bridgehead atoms. The van der Waals surface area contributed by atoms with Crippen molar-refractivity contribution in [1.82, 2.24) is 29.8 Å². The number of alkyl halides is 6. The van der Waals surface area contributed by atoms with E-state index in [1.807, 2.05) is 0 Å². The molecule has 38 heavy (non-hydrogen) atoms. The van der Waals surface area contributed by atoms with Gasteiger partial charge in [0.25, 0.3) is 11.5 Å². The van der Waals surface area contributed by atoms with Gasteiger partial charge in [0.05, 0.1) is 34.5 Å². The van der Waals surface area contributed by atoms with Crippen LogP contribution in [0.1, 0.15) is 53.2 Å². The molecule has 10 nitrogen and oxygen atoms in total. The van der Waals surface area contributed by atoms with Crippen LogP contribution in [0.15, 0.2) is 23.3 Å². The summed E-state index contributed by atoms with van der Waals surface area (Å²) in [6, 6.07) is -0.352. The molecule has 1 aliphatic rings.